The van der Waals surface area contributed by atoms with E-state index in [0.717, 1.165) is 0 Å². The molecular weight excluding hydrogens is 190 g/mol. The molecule has 0 aliphatic heterocycles. The zero-order chi connectivity index (χ0) is 10.7. The fraction of sp³-hybridized carbons (Fsp3) is 0.800. The van der Waals surface area contributed by atoms with Crippen molar-refractivity contribution in [2.45, 2.75) is 52.8 Å². The van der Waals surface area contributed by atoms with Crippen LogP contribution in [0.1, 0.15) is 34.6 Å². The van der Waals surface area contributed by atoms with Crippen molar-refractivity contribution in [3.05, 3.63) is 11.3 Å². The minimum absolute atomic E-state index is 0.175. The maximum absolute atomic E-state index is 3.86. The van der Waals surface area contributed by atoms with Crippen LogP contribution in [0.4, 0.5) is 0 Å². The maximum Gasteiger partial charge on any atom is 0.118 e. The van der Waals surface area contributed by atoms with Gasteiger partial charge in [0.05, 0.1) is 0 Å². The maximum atomic E-state index is 3.86. The molecule has 0 spiro atoms. The van der Waals surface area contributed by atoms with Gasteiger partial charge in [-0.15, -0.1) is 0 Å². The van der Waals surface area contributed by atoms with E-state index in [1.54, 1.807) is 5.20 Å². The Morgan fingerprint density at radius 3 is 2.08 bits per heavy atom. The largest absolute Gasteiger partial charge is 0.361 e. The molecule has 1 nitrogen and oxygen atoms in total. The standard InChI is InChI=1S/C10H25NSi2/c1-8-9(2)12-11-13(6,7)10(3,4)5/h8,11H,12H2,1-7H3. The van der Waals surface area contributed by atoms with Crippen LogP contribution in [-0.4, -0.2) is 17.9 Å². The molecule has 0 aromatic carbocycles. The van der Waals surface area contributed by atoms with Gasteiger partial charge in [0, 0.05) is 0 Å². The van der Waals surface area contributed by atoms with Gasteiger partial charge >= 0.3 is 0 Å². The monoisotopic (exact) mass is 215 g/mol. The predicted molar refractivity (Wildman–Crippen MR) is 68.3 cm³/mol. The van der Waals surface area contributed by atoms with Gasteiger partial charge in [0.15, 0.2) is 0 Å². The highest BCUT2D eigenvalue weighted by molar-refractivity contribution is 6.83. The molecule has 78 valence electrons. The van der Waals surface area contributed by atoms with Gasteiger partial charge < -0.3 is 4.65 Å². The lowest BCUT2D eigenvalue weighted by Gasteiger charge is -2.37. The number of allylic oxidation sites excluding steroid dienone is 2. The Kier molecular flexibility index (Phi) is 4.62. The van der Waals surface area contributed by atoms with Crippen molar-refractivity contribution >= 4 is 17.9 Å². The zero-order valence-electron chi connectivity index (χ0n) is 10.3. The third-order valence-electron chi connectivity index (χ3n) is 3.18. The molecule has 0 fully saturated rings. The van der Waals surface area contributed by atoms with Crippen molar-refractivity contribution in [3.8, 4) is 0 Å². The first kappa shape index (κ1) is 13.1. The van der Waals surface area contributed by atoms with E-state index in [-0.39, 0.29) is 9.68 Å². The van der Waals surface area contributed by atoms with E-state index in [2.05, 4.69) is 58.4 Å². The summed E-state index contributed by atoms with van der Waals surface area (Å²) in [5.41, 5.74) is 0. The van der Waals surface area contributed by atoms with Crippen molar-refractivity contribution in [1.82, 2.24) is 4.65 Å². The van der Waals surface area contributed by atoms with Crippen LogP contribution < -0.4 is 4.65 Å². The topological polar surface area (TPSA) is 12.0 Å². The van der Waals surface area contributed by atoms with Crippen molar-refractivity contribution in [1.29, 1.82) is 0 Å². The number of hydrogen-bond donors (Lipinski definition) is 1. The summed E-state index contributed by atoms with van der Waals surface area (Å²) in [7, 11) is -1.39. The molecule has 0 aliphatic rings. The summed E-state index contributed by atoms with van der Waals surface area (Å²) in [4.78, 5) is 0. The summed E-state index contributed by atoms with van der Waals surface area (Å²) < 4.78 is 3.86. The fourth-order valence-electron chi connectivity index (χ4n) is 0.728. The quantitative estimate of drug-likeness (QED) is 0.714. The second kappa shape index (κ2) is 4.57. The van der Waals surface area contributed by atoms with E-state index < -0.39 is 8.24 Å². The summed E-state index contributed by atoms with van der Waals surface area (Å²) in [6.07, 6.45) is 2.24. The van der Waals surface area contributed by atoms with E-state index in [9.17, 15) is 0 Å². The van der Waals surface area contributed by atoms with E-state index >= 15 is 0 Å². The van der Waals surface area contributed by atoms with Crippen LogP contribution in [0.15, 0.2) is 11.3 Å². The summed E-state index contributed by atoms with van der Waals surface area (Å²) in [6.45, 7) is 16.3. The first-order valence-corrected chi connectivity index (χ1v) is 9.49. The Bertz CT molecular complexity index is 190. The van der Waals surface area contributed by atoms with Crippen LogP contribution in [0.25, 0.3) is 0 Å². The smallest absolute Gasteiger partial charge is 0.118 e. The van der Waals surface area contributed by atoms with Gasteiger partial charge in [0.1, 0.15) is 17.9 Å². The molecule has 13 heavy (non-hydrogen) atoms. The molecule has 1 N–H and O–H groups in total. The van der Waals surface area contributed by atoms with Gasteiger partial charge in [-0.3, -0.25) is 0 Å². The molecular formula is C10H25NSi2. The number of rotatable bonds is 3. The molecule has 0 heterocycles. The highest BCUT2D eigenvalue weighted by Crippen LogP contribution is 2.33. The van der Waals surface area contributed by atoms with E-state index in [4.69, 9.17) is 0 Å². The Hall–Kier alpha value is 0.134. The SMILES string of the molecule is CC=C(C)[SiH2]N[Si](C)(C)C(C)(C)C. The summed E-state index contributed by atoms with van der Waals surface area (Å²) in [5.74, 6) is 0. The molecule has 0 aliphatic carbocycles. The molecule has 0 aromatic heterocycles. The Morgan fingerprint density at radius 2 is 1.77 bits per heavy atom. The second-order valence-electron chi connectivity index (χ2n) is 5.36. The zero-order valence-corrected chi connectivity index (χ0v) is 12.7. The first-order valence-electron chi connectivity index (χ1n) is 5.07. The highest BCUT2D eigenvalue weighted by Gasteiger charge is 2.34. The minimum atomic E-state index is -1.21. The molecule has 0 radical (unpaired) electrons. The predicted octanol–water partition coefficient (Wildman–Crippen LogP) is 2.59. The van der Waals surface area contributed by atoms with Gasteiger partial charge in [-0.05, 0) is 18.9 Å². The van der Waals surface area contributed by atoms with Crippen molar-refractivity contribution < 1.29 is 0 Å². The Labute approximate surface area is 87.0 Å². The van der Waals surface area contributed by atoms with E-state index in [0.29, 0.717) is 5.04 Å². The Balaban J connectivity index is 4.20. The molecule has 0 amide bonds. The van der Waals surface area contributed by atoms with E-state index in [1.165, 1.54) is 0 Å². The number of hydrogen-bond acceptors (Lipinski definition) is 1. The van der Waals surface area contributed by atoms with Gasteiger partial charge in [-0.25, -0.2) is 0 Å². The highest BCUT2D eigenvalue weighted by atomic mass is 28.4. The first-order chi connectivity index (χ1) is 5.70. The van der Waals surface area contributed by atoms with Crippen molar-refractivity contribution in [3.63, 3.8) is 0 Å². The minimum Gasteiger partial charge on any atom is -0.361 e. The lowest BCUT2D eigenvalue weighted by Crippen LogP contribution is -2.53. The van der Waals surface area contributed by atoms with Crippen LogP contribution >= 0.6 is 0 Å². The molecule has 0 bridgehead atoms. The van der Waals surface area contributed by atoms with Gasteiger partial charge in [-0.1, -0.05) is 45.1 Å². The second-order valence-corrected chi connectivity index (χ2v) is 13.0. The van der Waals surface area contributed by atoms with Crippen molar-refractivity contribution in [2.75, 3.05) is 0 Å². The molecule has 3 heteroatoms. The van der Waals surface area contributed by atoms with Crippen LogP contribution in [0.3, 0.4) is 0 Å². The summed E-state index contributed by atoms with van der Waals surface area (Å²) in [5, 5.41) is 2.04. The third-order valence-corrected chi connectivity index (χ3v) is 12.1. The van der Waals surface area contributed by atoms with Gasteiger partial charge in [-0.2, -0.15) is 0 Å². The van der Waals surface area contributed by atoms with Crippen LogP contribution in [0.2, 0.25) is 18.1 Å². The molecule has 0 unspecified atom stereocenters. The molecule has 0 saturated heterocycles. The average molecular weight is 215 g/mol. The van der Waals surface area contributed by atoms with Gasteiger partial charge in [0.25, 0.3) is 0 Å². The lowest BCUT2D eigenvalue weighted by atomic mass is 10.2. The lowest BCUT2D eigenvalue weighted by molar-refractivity contribution is 0.711. The fourth-order valence-corrected chi connectivity index (χ4v) is 5.94. The van der Waals surface area contributed by atoms with E-state index in [1.807, 2.05) is 0 Å². The van der Waals surface area contributed by atoms with Gasteiger partial charge in [0.2, 0.25) is 0 Å². The van der Waals surface area contributed by atoms with Crippen molar-refractivity contribution in [2.24, 2.45) is 0 Å². The molecule has 0 atom stereocenters. The summed E-state index contributed by atoms with van der Waals surface area (Å²) >= 11 is 0. The third kappa shape index (κ3) is 4.24. The normalized spacial score (nSPS) is 15.8. The summed E-state index contributed by atoms with van der Waals surface area (Å²) in [6, 6.07) is 0. The Morgan fingerprint density at radius 1 is 1.31 bits per heavy atom. The number of nitrogens with one attached hydrogen (secondary N) is 1. The van der Waals surface area contributed by atoms with Crippen LogP contribution in [0, 0.1) is 0 Å². The molecule has 0 aromatic rings. The average Bonchev–Trinajstić information content (AvgIpc) is 1.98. The molecule has 0 saturated carbocycles. The molecule has 0 rings (SSSR count). The van der Waals surface area contributed by atoms with Crippen LogP contribution in [-0.2, 0) is 0 Å². The van der Waals surface area contributed by atoms with Crippen LogP contribution in [0.5, 0.6) is 0 Å².